The molecule has 2 aromatic carbocycles. The predicted molar refractivity (Wildman–Crippen MR) is 166 cm³/mol. The first-order valence-electron chi connectivity index (χ1n) is 15.0. The molecule has 238 valence electrons. The minimum Gasteiger partial charge on any atom is -0.391 e. The quantitative estimate of drug-likeness (QED) is 0.328. The molecule has 0 spiro atoms. The lowest BCUT2D eigenvalue weighted by atomic mass is 9.97. The Hall–Kier alpha value is -4.25. The number of aliphatic hydroxyl groups excluding tert-OH is 1. The van der Waals surface area contributed by atoms with E-state index >= 15 is 0 Å². The lowest BCUT2D eigenvalue weighted by molar-refractivity contribution is -0.137. The van der Waals surface area contributed by atoms with E-state index < -0.39 is 47.9 Å². The van der Waals surface area contributed by atoms with Gasteiger partial charge in [-0.15, -0.1) is 0 Å². The molecule has 0 unspecified atom stereocenters. The molecule has 1 aliphatic rings. The Morgan fingerprint density at radius 1 is 0.886 bits per heavy atom. The van der Waals surface area contributed by atoms with Crippen molar-refractivity contribution < 1.29 is 29.1 Å². The van der Waals surface area contributed by atoms with Gasteiger partial charge in [-0.25, -0.2) is 0 Å². The highest BCUT2D eigenvalue weighted by molar-refractivity contribution is 5.95. The molecular weight excluding hydrogens is 562 g/mol. The summed E-state index contributed by atoms with van der Waals surface area (Å²) in [5.41, 5.74) is 4.63. The van der Waals surface area contributed by atoms with Crippen LogP contribution in [0.3, 0.4) is 0 Å². The summed E-state index contributed by atoms with van der Waals surface area (Å²) in [5.74, 6) is -3.10. The summed E-state index contributed by atoms with van der Waals surface area (Å²) < 4.78 is 0. The summed E-state index contributed by atoms with van der Waals surface area (Å²) in [7, 11) is 0. The Bertz CT molecular complexity index is 1340. The highest BCUT2D eigenvalue weighted by Gasteiger charge is 2.33. The molecular formula is C33H45N5O6. The van der Waals surface area contributed by atoms with E-state index in [2.05, 4.69) is 21.3 Å². The number of hydrogen-bond donors (Lipinski definition) is 5. The van der Waals surface area contributed by atoms with Crippen LogP contribution in [0.2, 0.25) is 0 Å². The molecule has 0 radical (unpaired) electrons. The zero-order chi connectivity index (χ0) is 32.6. The normalized spacial score (nSPS) is 21.4. The summed E-state index contributed by atoms with van der Waals surface area (Å²) in [4.78, 5) is 68.2. The smallest absolute Gasteiger partial charge is 0.245 e. The molecule has 4 atom stereocenters. The van der Waals surface area contributed by atoms with Crippen LogP contribution < -0.4 is 21.3 Å². The van der Waals surface area contributed by atoms with Crippen LogP contribution in [0.15, 0.2) is 42.5 Å². The van der Waals surface area contributed by atoms with Crippen molar-refractivity contribution in [1.29, 1.82) is 0 Å². The van der Waals surface area contributed by atoms with Crippen molar-refractivity contribution in [1.82, 2.24) is 26.2 Å². The molecule has 2 aromatic rings. The second kappa shape index (κ2) is 15.5. The minimum atomic E-state index is -1.31. The van der Waals surface area contributed by atoms with Gasteiger partial charge in [-0.3, -0.25) is 24.0 Å². The van der Waals surface area contributed by atoms with Crippen LogP contribution in [0.25, 0.3) is 0 Å². The number of hydrogen-bond acceptors (Lipinski definition) is 6. The molecule has 0 aliphatic carbocycles. The number of carbonyl (C=O) groups excluding carboxylic acids is 5. The molecule has 1 heterocycles. The van der Waals surface area contributed by atoms with Crippen LogP contribution >= 0.6 is 0 Å². The van der Waals surface area contributed by atoms with E-state index in [0.717, 1.165) is 27.8 Å². The Morgan fingerprint density at radius 3 is 2.11 bits per heavy atom. The van der Waals surface area contributed by atoms with Gasteiger partial charge in [0.1, 0.15) is 18.1 Å². The zero-order valence-corrected chi connectivity index (χ0v) is 26.4. The summed E-state index contributed by atoms with van der Waals surface area (Å²) in [5, 5.41) is 21.1. The Morgan fingerprint density at radius 2 is 1.52 bits per heavy atom. The van der Waals surface area contributed by atoms with E-state index in [1.165, 1.54) is 11.8 Å². The van der Waals surface area contributed by atoms with Crippen molar-refractivity contribution in [2.45, 2.75) is 78.6 Å². The number of aryl methyl sites for hydroxylation is 3. The standard InChI is InChI=1S/C33H45N5O6/c1-19(2)29-33(44)35-26(16-24-10-8-7-9-11-24)31(42)37-30(23(6)39)32(43)34-12-13-38(18-27(40)36-29)28(41)17-25-21(4)14-20(3)15-22(25)5/h7-11,14-15,19,23,26,29-30,39H,12-13,16-18H2,1-6H3,(H,34,43)(H,35,44)(H,36,40)(H,37,42)/t23-,26+,29-,30+/m1/s1. The largest absolute Gasteiger partial charge is 0.391 e. The van der Waals surface area contributed by atoms with Gasteiger partial charge in [0.2, 0.25) is 29.5 Å². The van der Waals surface area contributed by atoms with Crippen molar-refractivity contribution in [2.24, 2.45) is 5.92 Å². The maximum absolute atomic E-state index is 13.5. The molecule has 3 rings (SSSR count). The van der Waals surface area contributed by atoms with Gasteiger partial charge in [0.15, 0.2) is 0 Å². The lowest BCUT2D eigenvalue weighted by Crippen LogP contribution is -2.60. The summed E-state index contributed by atoms with van der Waals surface area (Å²) in [6, 6.07) is 9.63. The van der Waals surface area contributed by atoms with Crippen LogP contribution in [0, 0.1) is 26.7 Å². The number of nitrogens with zero attached hydrogens (tertiary/aromatic N) is 1. The van der Waals surface area contributed by atoms with Gasteiger partial charge in [-0.05, 0) is 55.9 Å². The molecule has 1 saturated heterocycles. The highest BCUT2D eigenvalue weighted by atomic mass is 16.3. The Kier molecular flexibility index (Phi) is 12.0. The summed E-state index contributed by atoms with van der Waals surface area (Å²) >= 11 is 0. The third-order valence-corrected chi connectivity index (χ3v) is 7.78. The first-order valence-corrected chi connectivity index (χ1v) is 15.0. The first kappa shape index (κ1) is 34.2. The fourth-order valence-corrected chi connectivity index (χ4v) is 5.37. The van der Waals surface area contributed by atoms with Crippen molar-refractivity contribution in [2.75, 3.05) is 19.6 Å². The number of benzene rings is 2. The summed E-state index contributed by atoms with van der Waals surface area (Å²) in [6.07, 6.45) is -1.08. The molecule has 11 nitrogen and oxygen atoms in total. The second-order valence-electron chi connectivity index (χ2n) is 11.9. The molecule has 11 heteroatoms. The summed E-state index contributed by atoms with van der Waals surface area (Å²) in [6.45, 7) is 10.4. The average molecular weight is 608 g/mol. The van der Waals surface area contributed by atoms with Crippen molar-refractivity contribution in [3.8, 4) is 0 Å². The van der Waals surface area contributed by atoms with Crippen LogP contribution in [-0.2, 0) is 36.8 Å². The van der Waals surface area contributed by atoms with E-state index in [-0.39, 0.29) is 44.3 Å². The molecule has 0 aromatic heterocycles. The molecule has 0 bridgehead atoms. The van der Waals surface area contributed by atoms with Crippen LogP contribution in [0.1, 0.15) is 48.6 Å². The fourth-order valence-electron chi connectivity index (χ4n) is 5.37. The number of rotatable bonds is 6. The third kappa shape index (κ3) is 9.37. The third-order valence-electron chi connectivity index (χ3n) is 7.78. The van der Waals surface area contributed by atoms with Gasteiger partial charge < -0.3 is 31.3 Å². The van der Waals surface area contributed by atoms with E-state index in [9.17, 15) is 29.1 Å². The molecule has 0 saturated carbocycles. The van der Waals surface area contributed by atoms with Gasteiger partial charge in [0, 0.05) is 19.5 Å². The minimum absolute atomic E-state index is 0.00238. The monoisotopic (exact) mass is 607 g/mol. The average Bonchev–Trinajstić information content (AvgIpc) is 2.95. The second-order valence-corrected chi connectivity index (χ2v) is 11.9. The number of carbonyl (C=O) groups is 5. The maximum atomic E-state index is 13.5. The highest BCUT2D eigenvalue weighted by Crippen LogP contribution is 2.18. The van der Waals surface area contributed by atoms with E-state index in [0.29, 0.717) is 0 Å². The van der Waals surface area contributed by atoms with Crippen LogP contribution in [0.5, 0.6) is 0 Å². The Balaban J connectivity index is 1.92. The van der Waals surface area contributed by atoms with E-state index in [4.69, 9.17) is 0 Å². The van der Waals surface area contributed by atoms with Gasteiger partial charge in [0.05, 0.1) is 19.1 Å². The molecule has 5 amide bonds. The topological polar surface area (TPSA) is 157 Å². The maximum Gasteiger partial charge on any atom is 0.245 e. The lowest BCUT2D eigenvalue weighted by Gasteiger charge is -2.27. The van der Waals surface area contributed by atoms with Crippen molar-refractivity contribution >= 4 is 29.5 Å². The number of aliphatic hydroxyl groups is 1. The predicted octanol–water partition coefficient (Wildman–Crippen LogP) is 0.847. The molecule has 44 heavy (non-hydrogen) atoms. The molecule has 1 aliphatic heterocycles. The Labute approximate surface area is 259 Å². The van der Waals surface area contributed by atoms with Crippen molar-refractivity contribution in [3.05, 3.63) is 70.3 Å². The van der Waals surface area contributed by atoms with E-state index in [1.807, 2.05) is 39.0 Å². The van der Waals surface area contributed by atoms with Gasteiger partial charge in [-0.2, -0.15) is 0 Å². The zero-order valence-electron chi connectivity index (χ0n) is 26.4. The van der Waals surface area contributed by atoms with Crippen molar-refractivity contribution in [3.63, 3.8) is 0 Å². The van der Waals surface area contributed by atoms with Gasteiger partial charge >= 0.3 is 0 Å². The SMILES string of the molecule is Cc1cc(C)c(CC(=O)N2CCNC(=O)[C@H]([C@@H](C)O)NC(=O)[C@H](Cc3ccccc3)NC(=O)[C@@H](C(C)C)NC(=O)C2)c(C)c1. The van der Waals surface area contributed by atoms with E-state index in [1.54, 1.807) is 38.1 Å². The van der Waals surface area contributed by atoms with Crippen LogP contribution in [-0.4, -0.2) is 83.4 Å². The first-order chi connectivity index (χ1) is 20.8. The van der Waals surface area contributed by atoms with Gasteiger partial charge in [0.25, 0.3) is 0 Å². The fraction of sp³-hybridized carbons (Fsp3) is 0.485. The van der Waals surface area contributed by atoms with Gasteiger partial charge in [-0.1, -0.05) is 61.9 Å². The van der Waals surface area contributed by atoms with Crippen LogP contribution in [0.4, 0.5) is 0 Å². The number of amides is 5. The molecule has 1 fully saturated rings. The number of nitrogens with one attached hydrogen (secondary N) is 4. The molecule has 5 N–H and O–H groups in total.